The van der Waals surface area contributed by atoms with E-state index in [2.05, 4.69) is 56.3 Å². The summed E-state index contributed by atoms with van der Waals surface area (Å²) in [6.45, 7) is 4.34. The van der Waals surface area contributed by atoms with Gasteiger partial charge in [0.05, 0.1) is 22.4 Å². The van der Waals surface area contributed by atoms with Crippen LogP contribution >= 0.6 is 0 Å². The number of fused-ring (bicyclic) bond motifs is 2. The Hall–Kier alpha value is -2.74. The van der Waals surface area contributed by atoms with Gasteiger partial charge in [-0.05, 0) is 34.9 Å². The molecule has 0 atom stereocenters. The van der Waals surface area contributed by atoms with E-state index in [1.54, 1.807) is 0 Å². The fraction of sp³-hybridized carbons (Fsp3) is 0.143. The molecular weight excluding hydrogens is 280 g/mol. The van der Waals surface area contributed by atoms with E-state index in [0.29, 0.717) is 5.92 Å². The van der Waals surface area contributed by atoms with Crippen molar-refractivity contribution in [2.75, 3.05) is 0 Å². The van der Waals surface area contributed by atoms with E-state index < -0.39 is 0 Å². The summed E-state index contributed by atoms with van der Waals surface area (Å²) in [5.74, 6) is 0.327. The van der Waals surface area contributed by atoms with Gasteiger partial charge < -0.3 is 0 Å². The van der Waals surface area contributed by atoms with Crippen molar-refractivity contribution in [2.24, 2.45) is 0 Å². The lowest BCUT2D eigenvalue weighted by atomic mass is 9.99. The molecule has 0 aliphatic heterocycles. The molecule has 4 aromatic rings. The molecule has 0 aliphatic rings. The standard InChI is InChI=1S/C21H18N2/c1-14(2)20-21(23-19-10-6-5-9-18(19)22-20)17-12-11-15-7-3-4-8-16(15)13-17/h3-14H,1-2H3. The van der Waals surface area contributed by atoms with Gasteiger partial charge in [0.15, 0.2) is 0 Å². The molecule has 0 saturated carbocycles. The van der Waals surface area contributed by atoms with E-state index in [1.807, 2.05) is 24.3 Å². The van der Waals surface area contributed by atoms with Gasteiger partial charge in [-0.25, -0.2) is 9.97 Å². The molecule has 0 aliphatic carbocycles. The lowest BCUT2D eigenvalue weighted by Gasteiger charge is -2.13. The van der Waals surface area contributed by atoms with Crippen LogP contribution < -0.4 is 0 Å². The van der Waals surface area contributed by atoms with Crippen molar-refractivity contribution in [1.82, 2.24) is 9.97 Å². The van der Waals surface area contributed by atoms with Gasteiger partial charge in [-0.2, -0.15) is 0 Å². The first-order valence-electron chi connectivity index (χ1n) is 7.98. The fourth-order valence-corrected chi connectivity index (χ4v) is 2.97. The molecule has 0 unspecified atom stereocenters. The van der Waals surface area contributed by atoms with E-state index in [1.165, 1.54) is 10.8 Å². The molecule has 23 heavy (non-hydrogen) atoms. The molecule has 1 heterocycles. The average Bonchev–Trinajstić information content (AvgIpc) is 2.60. The van der Waals surface area contributed by atoms with Gasteiger partial charge in [-0.1, -0.05) is 62.4 Å². The van der Waals surface area contributed by atoms with Crippen LogP contribution in [0, 0.1) is 0 Å². The number of benzene rings is 3. The maximum absolute atomic E-state index is 4.91. The zero-order chi connectivity index (χ0) is 15.8. The number of hydrogen-bond acceptors (Lipinski definition) is 2. The minimum absolute atomic E-state index is 0.327. The topological polar surface area (TPSA) is 25.8 Å². The van der Waals surface area contributed by atoms with Crippen molar-refractivity contribution >= 4 is 21.8 Å². The Kier molecular flexibility index (Phi) is 3.30. The molecule has 2 nitrogen and oxygen atoms in total. The molecule has 1 aromatic heterocycles. The molecule has 0 spiro atoms. The second-order valence-electron chi connectivity index (χ2n) is 6.16. The summed E-state index contributed by atoms with van der Waals surface area (Å²) in [6, 6.07) is 23.0. The normalized spacial score (nSPS) is 11.4. The summed E-state index contributed by atoms with van der Waals surface area (Å²) in [4.78, 5) is 9.78. The smallest absolute Gasteiger partial charge is 0.0928 e. The number of hydrogen-bond donors (Lipinski definition) is 0. The quantitative estimate of drug-likeness (QED) is 0.483. The number of nitrogens with zero attached hydrogens (tertiary/aromatic N) is 2. The van der Waals surface area contributed by atoms with E-state index >= 15 is 0 Å². The van der Waals surface area contributed by atoms with Crippen LogP contribution in [-0.4, -0.2) is 9.97 Å². The Balaban J connectivity index is 1.99. The maximum atomic E-state index is 4.91. The predicted octanol–water partition coefficient (Wildman–Crippen LogP) is 5.57. The summed E-state index contributed by atoms with van der Waals surface area (Å²) in [6.07, 6.45) is 0. The average molecular weight is 298 g/mol. The van der Waals surface area contributed by atoms with E-state index in [9.17, 15) is 0 Å². The minimum Gasteiger partial charge on any atom is -0.249 e. The molecular formula is C21H18N2. The van der Waals surface area contributed by atoms with Gasteiger partial charge in [0.25, 0.3) is 0 Å². The van der Waals surface area contributed by atoms with Gasteiger partial charge in [0.2, 0.25) is 0 Å². The molecule has 0 bridgehead atoms. The highest BCUT2D eigenvalue weighted by atomic mass is 14.8. The Morgan fingerprint density at radius 2 is 1.35 bits per heavy atom. The first-order chi connectivity index (χ1) is 11.2. The molecule has 2 heteroatoms. The second kappa shape index (κ2) is 5.47. The van der Waals surface area contributed by atoms with E-state index in [4.69, 9.17) is 9.97 Å². The van der Waals surface area contributed by atoms with E-state index in [0.717, 1.165) is 28.0 Å². The van der Waals surface area contributed by atoms with E-state index in [-0.39, 0.29) is 0 Å². The third kappa shape index (κ3) is 2.46. The van der Waals surface area contributed by atoms with Crippen molar-refractivity contribution in [3.63, 3.8) is 0 Å². The van der Waals surface area contributed by atoms with Crippen molar-refractivity contribution < 1.29 is 0 Å². The molecule has 0 saturated heterocycles. The highest BCUT2D eigenvalue weighted by Gasteiger charge is 2.14. The molecule has 4 rings (SSSR count). The van der Waals surface area contributed by atoms with Crippen LogP contribution in [0.4, 0.5) is 0 Å². The summed E-state index contributed by atoms with van der Waals surface area (Å²) >= 11 is 0. The largest absolute Gasteiger partial charge is 0.249 e. The third-order valence-electron chi connectivity index (χ3n) is 4.17. The van der Waals surface area contributed by atoms with Crippen LogP contribution in [0.1, 0.15) is 25.5 Å². The van der Waals surface area contributed by atoms with Crippen molar-refractivity contribution in [2.45, 2.75) is 19.8 Å². The van der Waals surface area contributed by atoms with Crippen molar-refractivity contribution in [1.29, 1.82) is 0 Å². The molecule has 0 amide bonds. The monoisotopic (exact) mass is 298 g/mol. The van der Waals surface area contributed by atoms with Crippen LogP contribution in [0.15, 0.2) is 66.7 Å². The lowest BCUT2D eigenvalue weighted by Crippen LogP contribution is -2.00. The lowest BCUT2D eigenvalue weighted by molar-refractivity contribution is 0.825. The minimum atomic E-state index is 0.327. The predicted molar refractivity (Wildman–Crippen MR) is 96.6 cm³/mol. The molecule has 0 fully saturated rings. The number of aromatic nitrogens is 2. The Labute approximate surface area is 135 Å². The van der Waals surface area contributed by atoms with Crippen LogP contribution in [0.25, 0.3) is 33.1 Å². The van der Waals surface area contributed by atoms with Crippen LogP contribution in [0.2, 0.25) is 0 Å². The first-order valence-corrected chi connectivity index (χ1v) is 7.98. The summed E-state index contributed by atoms with van der Waals surface area (Å²) in [5, 5.41) is 2.48. The molecule has 0 radical (unpaired) electrons. The van der Waals surface area contributed by atoms with Gasteiger partial charge in [0, 0.05) is 5.56 Å². The maximum Gasteiger partial charge on any atom is 0.0928 e. The molecule has 0 N–H and O–H groups in total. The SMILES string of the molecule is CC(C)c1nc2ccccc2nc1-c1ccc2ccccc2c1. The van der Waals surface area contributed by atoms with Gasteiger partial charge in [0.1, 0.15) is 0 Å². The first kappa shape index (κ1) is 13.9. The number of rotatable bonds is 2. The zero-order valence-corrected chi connectivity index (χ0v) is 13.3. The summed E-state index contributed by atoms with van der Waals surface area (Å²) in [7, 11) is 0. The Morgan fingerprint density at radius 1 is 0.696 bits per heavy atom. The van der Waals surface area contributed by atoms with Gasteiger partial charge >= 0.3 is 0 Å². The van der Waals surface area contributed by atoms with Crippen LogP contribution in [0.3, 0.4) is 0 Å². The van der Waals surface area contributed by atoms with Crippen LogP contribution in [-0.2, 0) is 0 Å². The van der Waals surface area contributed by atoms with Gasteiger partial charge in [-0.3, -0.25) is 0 Å². The Bertz CT molecular complexity index is 1000. The summed E-state index contributed by atoms with van der Waals surface area (Å²) in [5.41, 5.74) is 5.08. The molecule has 112 valence electrons. The van der Waals surface area contributed by atoms with Crippen molar-refractivity contribution in [3.05, 3.63) is 72.4 Å². The highest BCUT2D eigenvalue weighted by molar-refractivity contribution is 5.88. The summed E-state index contributed by atoms with van der Waals surface area (Å²) < 4.78 is 0. The Morgan fingerprint density at radius 3 is 2.09 bits per heavy atom. The number of para-hydroxylation sites is 2. The third-order valence-corrected chi connectivity index (χ3v) is 4.17. The fourth-order valence-electron chi connectivity index (χ4n) is 2.97. The van der Waals surface area contributed by atoms with Gasteiger partial charge in [-0.15, -0.1) is 0 Å². The second-order valence-corrected chi connectivity index (χ2v) is 6.16. The zero-order valence-electron chi connectivity index (χ0n) is 13.3. The highest BCUT2D eigenvalue weighted by Crippen LogP contribution is 2.30. The molecule has 3 aromatic carbocycles. The van der Waals surface area contributed by atoms with Crippen LogP contribution in [0.5, 0.6) is 0 Å². The van der Waals surface area contributed by atoms with Crippen molar-refractivity contribution in [3.8, 4) is 11.3 Å².